The van der Waals surface area contributed by atoms with Gasteiger partial charge in [-0.3, -0.25) is 4.79 Å². The molecular formula is C60H117NO4. The standard InChI is InChI=1S/C60H117NO4/c1-3-5-7-9-11-13-15-17-19-21-23-25-26-27-28-29-30-31-32-34-35-37-39-41-43-45-47-49-51-53-57(63)55-60(65)61-58(56-62)59(64)54-52-50-48-46-44-42-40-38-36-33-24-22-20-18-16-14-12-10-8-6-4-2/h44,46,52,54,57-59,62-64H,3-43,45,47-51,53,55-56H2,1-2H3,(H,61,65)/b46-44+,54-52+. The molecule has 0 aromatic carbocycles. The molecule has 0 aliphatic heterocycles. The lowest BCUT2D eigenvalue weighted by molar-refractivity contribution is -0.124. The molecule has 0 saturated carbocycles. The van der Waals surface area contributed by atoms with Crippen molar-refractivity contribution in [1.82, 2.24) is 5.32 Å². The highest BCUT2D eigenvalue weighted by Crippen LogP contribution is 2.18. The molecule has 0 bridgehead atoms. The summed E-state index contributed by atoms with van der Waals surface area (Å²) < 4.78 is 0. The van der Waals surface area contributed by atoms with Crippen LogP contribution in [0.25, 0.3) is 0 Å². The fraction of sp³-hybridized carbons (Fsp3) is 0.917. The van der Waals surface area contributed by atoms with Crippen LogP contribution in [-0.2, 0) is 4.79 Å². The summed E-state index contributed by atoms with van der Waals surface area (Å²) in [5, 5.41) is 33.5. The van der Waals surface area contributed by atoms with Crippen molar-refractivity contribution in [2.45, 2.75) is 347 Å². The lowest BCUT2D eigenvalue weighted by Gasteiger charge is -2.21. The molecule has 0 saturated heterocycles. The summed E-state index contributed by atoms with van der Waals surface area (Å²) in [4.78, 5) is 12.5. The minimum absolute atomic E-state index is 0.0105. The van der Waals surface area contributed by atoms with Crippen LogP contribution in [0.5, 0.6) is 0 Å². The van der Waals surface area contributed by atoms with Crippen molar-refractivity contribution in [2.24, 2.45) is 0 Å². The van der Waals surface area contributed by atoms with Crippen LogP contribution in [-0.4, -0.2) is 46.1 Å². The van der Waals surface area contributed by atoms with Crippen LogP contribution in [0, 0.1) is 0 Å². The van der Waals surface area contributed by atoms with Crippen molar-refractivity contribution >= 4 is 5.91 Å². The average molecular weight is 917 g/mol. The summed E-state index contributed by atoms with van der Waals surface area (Å²) in [6.45, 7) is 4.24. The normalized spacial score (nSPS) is 13.4. The van der Waals surface area contributed by atoms with Gasteiger partial charge in [-0.1, -0.05) is 314 Å². The van der Waals surface area contributed by atoms with Crippen LogP contribution in [0.2, 0.25) is 0 Å². The fourth-order valence-electron chi connectivity index (χ4n) is 9.48. The molecule has 0 aliphatic carbocycles. The van der Waals surface area contributed by atoms with E-state index in [0.717, 1.165) is 32.1 Å². The second kappa shape index (κ2) is 55.4. The lowest BCUT2D eigenvalue weighted by atomic mass is 10.0. The quantitative estimate of drug-likeness (QED) is 0.0361. The van der Waals surface area contributed by atoms with Gasteiger partial charge in [0, 0.05) is 0 Å². The summed E-state index contributed by atoms with van der Waals surface area (Å²) >= 11 is 0. The number of hydrogen-bond donors (Lipinski definition) is 4. The molecule has 0 aromatic rings. The molecular weight excluding hydrogens is 799 g/mol. The van der Waals surface area contributed by atoms with Gasteiger partial charge >= 0.3 is 0 Å². The van der Waals surface area contributed by atoms with Gasteiger partial charge in [0.25, 0.3) is 0 Å². The molecule has 4 N–H and O–H groups in total. The largest absolute Gasteiger partial charge is 0.394 e. The Bertz CT molecular complexity index is 967. The molecule has 65 heavy (non-hydrogen) atoms. The number of nitrogens with one attached hydrogen (secondary N) is 1. The molecule has 0 aliphatic rings. The number of amides is 1. The van der Waals surface area contributed by atoms with Crippen LogP contribution in [0.3, 0.4) is 0 Å². The van der Waals surface area contributed by atoms with Gasteiger partial charge < -0.3 is 20.6 Å². The van der Waals surface area contributed by atoms with E-state index in [1.165, 1.54) is 270 Å². The van der Waals surface area contributed by atoms with Gasteiger partial charge in [-0.25, -0.2) is 0 Å². The number of allylic oxidation sites excluding steroid dienone is 3. The lowest BCUT2D eigenvalue weighted by Crippen LogP contribution is -2.45. The Balaban J connectivity index is 3.54. The SMILES string of the molecule is CCCCCCCCCCCCCCCCC/C=C/CC/C=C/C(O)C(CO)NC(=O)CC(O)CCCCCCCCCCCCCCCCCCCCCCCCCCCCCCC. The maximum atomic E-state index is 12.5. The monoisotopic (exact) mass is 916 g/mol. The first-order valence-electron chi connectivity index (χ1n) is 29.6. The Labute approximate surface area is 407 Å². The van der Waals surface area contributed by atoms with E-state index in [2.05, 4.69) is 31.3 Å². The predicted molar refractivity (Wildman–Crippen MR) is 287 cm³/mol. The van der Waals surface area contributed by atoms with E-state index in [4.69, 9.17) is 0 Å². The first-order chi connectivity index (χ1) is 32.0. The van der Waals surface area contributed by atoms with Gasteiger partial charge in [-0.2, -0.15) is 0 Å². The highest BCUT2D eigenvalue weighted by Gasteiger charge is 2.20. The number of hydrogen-bond acceptors (Lipinski definition) is 4. The van der Waals surface area contributed by atoms with Gasteiger partial charge in [0.1, 0.15) is 0 Å². The molecule has 0 radical (unpaired) electrons. The predicted octanol–water partition coefficient (Wildman–Crippen LogP) is 18.5. The van der Waals surface area contributed by atoms with Gasteiger partial charge in [-0.05, 0) is 32.1 Å². The van der Waals surface area contributed by atoms with Gasteiger partial charge in [0.2, 0.25) is 5.91 Å². The molecule has 0 heterocycles. The molecule has 0 fully saturated rings. The molecule has 0 aromatic heterocycles. The number of unbranched alkanes of at least 4 members (excludes halogenated alkanes) is 44. The fourth-order valence-corrected chi connectivity index (χ4v) is 9.48. The zero-order valence-corrected chi connectivity index (χ0v) is 44.1. The third kappa shape index (κ3) is 52.1. The highest BCUT2D eigenvalue weighted by molar-refractivity contribution is 5.76. The molecule has 1 amide bonds. The van der Waals surface area contributed by atoms with Crippen molar-refractivity contribution in [3.63, 3.8) is 0 Å². The van der Waals surface area contributed by atoms with Crippen molar-refractivity contribution < 1.29 is 20.1 Å². The maximum absolute atomic E-state index is 12.5. The minimum atomic E-state index is -0.950. The summed E-state index contributed by atoms with van der Waals surface area (Å²) in [7, 11) is 0. The van der Waals surface area contributed by atoms with E-state index in [1.54, 1.807) is 6.08 Å². The maximum Gasteiger partial charge on any atom is 0.222 e. The summed E-state index contributed by atoms with van der Waals surface area (Å²) in [6.07, 6.45) is 71.0. The minimum Gasteiger partial charge on any atom is -0.394 e. The highest BCUT2D eigenvalue weighted by atomic mass is 16.3. The second-order valence-electron chi connectivity index (χ2n) is 20.6. The molecule has 5 nitrogen and oxygen atoms in total. The number of rotatable bonds is 55. The van der Waals surface area contributed by atoms with Gasteiger partial charge in [0.15, 0.2) is 0 Å². The van der Waals surface area contributed by atoms with E-state index in [0.29, 0.717) is 6.42 Å². The number of aliphatic hydroxyl groups is 3. The average Bonchev–Trinajstić information content (AvgIpc) is 3.30. The Morgan fingerprint density at radius 1 is 0.385 bits per heavy atom. The van der Waals surface area contributed by atoms with E-state index >= 15 is 0 Å². The number of carbonyl (C=O) groups is 1. The number of aliphatic hydroxyl groups excluding tert-OH is 3. The van der Waals surface area contributed by atoms with Crippen LogP contribution in [0.1, 0.15) is 328 Å². The Hall–Kier alpha value is -1.17. The first kappa shape index (κ1) is 63.8. The molecule has 0 rings (SSSR count). The number of carbonyl (C=O) groups excluding carboxylic acids is 1. The van der Waals surface area contributed by atoms with E-state index in [1.807, 2.05) is 6.08 Å². The Morgan fingerprint density at radius 2 is 0.662 bits per heavy atom. The van der Waals surface area contributed by atoms with Crippen LogP contribution in [0.15, 0.2) is 24.3 Å². The van der Waals surface area contributed by atoms with Crippen molar-refractivity contribution in [3.8, 4) is 0 Å². The Kier molecular flexibility index (Phi) is 54.4. The zero-order chi connectivity index (χ0) is 47.2. The molecule has 3 atom stereocenters. The Morgan fingerprint density at radius 3 is 0.985 bits per heavy atom. The van der Waals surface area contributed by atoms with Crippen LogP contribution >= 0.6 is 0 Å². The van der Waals surface area contributed by atoms with Gasteiger partial charge in [-0.15, -0.1) is 0 Å². The molecule has 3 unspecified atom stereocenters. The molecule has 386 valence electrons. The van der Waals surface area contributed by atoms with E-state index in [-0.39, 0.29) is 18.9 Å². The summed E-state index contributed by atoms with van der Waals surface area (Å²) in [5.74, 6) is -0.318. The smallest absolute Gasteiger partial charge is 0.222 e. The van der Waals surface area contributed by atoms with Crippen molar-refractivity contribution in [3.05, 3.63) is 24.3 Å². The van der Waals surface area contributed by atoms with Gasteiger partial charge in [0.05, 0.1) is 31.3 Å². The van der Waals surface area contributed by atoms with Crippen LogP contribution in [0.4, 0.5) is 0 Å². The zero-order valence-electron chi connectivity index (χ0n) is 44.1. The van der Waals surface area contributed by atoms with Crippen molar-refractivity contribution in [1.29, 1.82) is 0 Å². The second-order valence-corrected chi connectivity index (χ2v) is 20.6. The van der Waals surface area contributed by atoms with E-state index < -0.39 is 18.2 Å². The van der Waals surface area contributed by atoms with Crippen molar-refractivity contribution in [2.75, 3.05) is 6.61 Å². The van der Waals surface area contributed by atoms with E-state index in [9.17, 15) is 20.1 Å². The summed E-state index contributed by atoms with van der Waals surface area (Å²) in [6, 6.07) is -0.759. The first-order valence-corrected chi connectivity index (χ1v) is 29.6. The molecule has 0 spiro atoms. The third-order valence-electron chi connectivity index (χ3n) is 14.0. The topological polar surface area (TPSA) is 89.8 Å². The van der Waals surface area contributed by atoms with Crippen LogP contribution < -0.4 is 5.32 Å². The molecule has 5 heteroatoms. The third-order valence-corrected chi connectivity index (χ3v) is 14.0. The summed E-state index contributed by atoms with van der Waals surface area (Å²) in [5.41, 5.74) is 0.